The van der Waals surface area contributed by atoms with Crippen LogP contribution in [0.3, 0.4) is 0 Å². The summed E-state index contributed by atoms with van der Waals surface area (Å²) in [5.41, 5.74) is 0.347. The standard InChI is InChI=1S/C11H23N3/c1-9(2)14-8-12-13(6)10(14)7-11(3,4)5/h8-10H,7H2,1-6H3. The van der Waals surface area contributed by atoms with Crippen molar-refractivity contribution in [3.05, 3.63) is 0 Å². The zero-order valence-corrected chi connectivity index (χ0v) is 10.3. The molecule has 0 saturated carbocycles. The number of rotatable bonds is 2. The number of hydrogen-bond donors (Lipinski definition) is 0. The zero-order chi connectivity index (χ0) is 10.9. The summed E-state index contributed by atoms with van der Waals surface area (Å²) < 4.78 is 0. The molecule has 0 N–H and O–H groups in total. The summed E-state index contributed by atoms with van der Waals surface area (Å²) in [7, 11) is 2.05. The van der Waals surface area contributed by atoms with Gasteiger partial charge in [0.2, 0.25) is 0 Å². The van der Waals surface area contributed by atoms with E-state index < -0.39 is 0 Å². The molecule has 0 radical (unpaired) electrons. The van der Waals surface area contributed by atoms with E-state index in [1.54, 1.807) is 0 Å². The Kier molecular flexibility index (Phi) is 3.07. The Balaban J connectivity index is 2.66. The molecule has 3 nitrogen and oxygen atoms in total. The monoisotopic (exact) mass is 197 g/mol. The van der Waals surface area contributed by atoms with Gasteiger partial charge >= 0.3 is 0 Å². The number of hydrogen-bond acceptors (Lipinski definition) is 3. The second-order valence-corrected chi connectivity index (χ2v) is 5.59. The third-order valence-electron chi connectivity index (χ3n) is 2.53. The molecule has 1 rings (SSSR count). The molecular weight excluding hydrogens is 174 g/mol. The van der Waals surface area contributed by atoms with Crippen molar-refractivity contribution < 1.29 is 0 Å². The van der Waals surface area contributed by atoms with Gasteiger partial charge in [-0.2, -0.15) is 5.10 Å². The van der Waals surface area contributed by atoms with Gasteiger partial charge in [-0.1, -0.05) is 20.8 Å². The van der Waals surface area contributed by atoms with E-state index in [-0.39, 0.29) is 0 Å². The van der Waals surface area contributed by atoms with Gasteiger partial charge in [-0.25, -0.2) is 0 Å². The van der Waals surface area contributed by atoms with E-state index in [9.17, 15) is 0 Å². The number of hydrazone groups is 1. The van der Waals surface area contributed by atoms with Crippen LogP contribution in [0.4, 0.5) is 0 Å². The van der Waals surface area contributed by atoms with Crippen LogP contribution in [0.2, 0.25) is 0 Å². The predicted octanol–water partition coefficient (Wildman–Crippen LogP) is 2.35. The van der Waals surface area contributed by atoms with Gasteiger partial charge in [0, 0.05) is 13.1 Å². The van der Waals surface area contributed by atoms with Gasteiger partial charge in [0.1, 0.15) is 12.5 Å². The maximum Gasteiger partial charge on any atom is 0.119 e. The molecule has 1 aliphatic rings. The van der Waals surface area contributed by atoms with Crippen molar-refractivity contribution in [3.8, 4) is 0 Å². The molecule has 0 aromatic heterocycles. The van der Waals surface area contributed by atoms with Crippen molar-refractivity contribution in [1.29, 1.82) is 0 Å². The molecule has 0 aromatic carbocycles. The molecule has 0 bridgehead atoms. The molecular formula is C11H23N3. The van der Waals surface area contributed by atoms with Crippen molar-refractivity contribution in [1.82, 2.24) is 9.91 Å². The maximum absolute atomic E-state index is 4.34. The largest absolute Gasteiger partial charge is 0.337 e. The van der Waals surface area contributed by atoms with Crippen molar-refractivity contribution in [3.63, 3.8) is 0 Å². The first kappa shape index (κ1) is 11.3. The Labute approximate surface area is 87.8 Å². The topological polar surface area (TPSA) is 18.8 Å². The summed E-state index contributed by atoms with van der Waals surface area (Å²) in [6.07, 6.45) is 3.53. The van der Waals surface area contributed by atoms with Crippen LogP contribution in [-0.4, -0.2) is 35.5 Å². The fourth-order valence-electron chi connectivity index (χ4n) is 1.75. The molecule has 1 unspecified atom stereocenters. The lowest BCUT2D eigenvalue weighted by atomic mass is 9.90. The fourth-order valence-corrected chi connectivity index (χ4v) is 1.75. The summed E-state index contributed by atoms with van der Waals surface area (Å²) in [6.45, 7) is 11.2. The van der Waals surface area contributed by atoms with Gasteiger partial charge in [-0.05, 0) is 25.7 Å². The summed E-state index contributed by atoms with van der Waals surface area (Å²) in [4.78, 5) is 2.32. The molecule has 1 aliphatic heterocycles. The van der Waals surface area contributed by atoms with Crippen molar-refractivity contribution in [2.24, 2.45) is 10.5 Å². The second-order valence-electron chi connectivity index (χ2n) is 5.59. The minimum absolute atomic E-state index is 0.347. The van der Waals surface area contributed by atoms with Gasteiger partial charge in [0.15, 0.2) is 0 Å². The van der Waals surface area contributed by atoms with Gasteiger partial charge in [0.05, 0.1) is 0 Å². The number of nitrogens with zero attached hydrogens (tertiary/aromatic N) is 3. The highest BCUT2D eigenvalue weighted by molar-refractivity contribution is 5.57. The summed E-state index contributed by atoms with van der Waals surface area (Å²) in [5, 5.41) is 6.40. The van der Waals surface area contributed by atoms with E-state index in [2.05, 4.69) is 56.7 Å². The SMILES string of the molecule is CC(C)N1C=NN(C)C1CC(C)(C)C. The van der Waals surface area contributed by atoms with Crippen LogP contribution in [0, 0.1) is 5.41 Å². The van der Waals surface area contributed by atoms with Gasteiger partial charge in [-0.3, -0.25) is 5.01 Å². The summed E-state index contributed by atoms with van der Waals surface area (Å²) in [5.74, 6) is 0. The Hall–Kier alpha value is -0.730. The van der Waals surface area contributed by atoms with E-state index in [4.69, 9.17) is 0 Å². The van der Waals surface area contributed by atoms with Crippen molar-refractivity contribution >= 4 is 6.34 Å². The Bertz CT molecular complexity index is 215. The van der Waals surface area contributed by atoms with Gasteiger partial charge in [0.25, 0.3) is 0 Å². The first-order valence-corrected chi connectivity index (χ1v) is 5.35. The van der Waals surface area contributed by atoms with Crippen molar-refractivity contribution in [2.75, 3.05) is 7.05 Å². The van der Waals surface area contributed by atoms with E-state index in [0.29, 0.717) is 17.6 Å². The Morgan fingerprint density at radius 1 is 1.36 bits per heavy atom. The normalized spacial score (nSPS) is 22.6. The van der Waals surface area contributed by atoms with Crippen LogP contribution >= 0.6 is 0 Å². The second kappa shape index (κ2) is 3.79. The Morgan fingerprint density at radius 2 is 1.93 bits per heavy atom. The molecule has 3 heteroatoms. The van der Waals surface area contributed by atoms with Crippen molar-refractivity contribution in [2.45, 2.75) is 53.2 Å². The molecule has 1 heterocycles. The smallest absolute Gasteiger partial charge is 0.119 e. The first-order chi connectivity index (χ1) is 6.31. The molecule has 1 atom stereocenters. The average molecular weight is 197 g/mol. The van der Waals surface area contributed by atoms with Crippen LogP contribution in [0.15, 0.2) is 5.10 Å². The lowest BCUT2D eigenvalue weighted by molar-refractivity contribution is 0.0941. The van der Waals surface area contributed by atoms with E-state index in [0.717, 1.165) is 6.42 Å². The minimum atomic E-state index is 0.347. The molecule has 0 fully saturated rings. The fraction of sp³-hybridized carbons (Fsp3) is 0.909. The lowest BCUT2D eigenvalue weighted by Crippen LogP contribution is -2.43. The third-order valence-corrected chi connectivity index (χ3v) is 2.53. The Morgan fingerprint density at radius 3 is 2.36 bits per heavy atom. The first-order valence-electron chi connectivity index (χ1n) is 5.35. The predicted molar refractivity (Wildman–Crippen MR) is 61.1 cm³/mol. The molecule has 0 spiro atoms. The highest BCUT2D eigenvalue weighted by atomic mass is 15.6. The van der Waals surface area contributed by atoms with Crippen LogP contribution in [0.25, 0.3) is 0 Å². The molecule has 14 heavy (non-hydrogen) atoms. The summed E-state index contributed by atoms with van der Waals surface area (Å²) >= 11 is 0. The molecule has 0 saturated heterocycles. The lowest BCUT2D eigenvalue weighted by Gasteiger charge is -2.35. The van der Waals surface area contributed by atoms with Crippen LogP contribution in [0.1, 0.15) is 41.0 Å². The molecule has 0 amide bonds. The quantitative estimate of drug-likeness (QED) is 0.676. The van der Waals surface area contributed by atoms with Gasteiger partial charge in [-0.15, -0.1) is 0 Å². The molecule has 0 aromatic rings. The molecule has 0 aliphatic carbocycles. The van der Waals surface area contributed by atoms with Crippen LogP contribution in [-0.2, 0) is 0 Å². The highest BCUT2D eigenvalue weighted by Gasteiger charge is 2.30. The van der Waals surface area contributed by atoms with E-state index in [1.165, 1.54) is 0 Å². The highest BCUT2D eigenvalue weighted by Crippen LogP contribution is 2.27. The van der Waals surface area contributed by atoms with Crippen LogP contribution in [0.5, 0.6) is 0 Å². The minimum Gasteiger partial charge on any atom is -0.337 e. The maximum atomic E-state index is 4.34. The zero-order valence-electron chi connectivity index (χ0n) is 10.3. The van der Waals surface area contributed by atoms with E-state index >= 15 is 0 Å². The molecule has 82 valence electrons. The third kappa shape index (κ3) is 2.63. The average Bonchev–Trinajstić information content (AvgIpc) is 2.29. The van der Waals surface area contributed by atoms with Gasteiger partial charge < -0.3 is 4.90 Å². The van der Waals surface area contributed by atoms with E-state index in [1.807, 2.05) is 6.34 Å². The van der Waals surface area contributed by atoms with Crippen LogP contribution < -0.4 is 0 Å². The summed E-state index contributed by atoms with van der Waals surface area (Å²) in [6, 6.07) is 0.524.